The third-order valence-corrected chi connectivity index (χ3v) is 4.66. The molecule has 0 atom stereocenters. The first kappa shape index (κ1) is 15.4. The number of rotatable bonds is 3. The molecule has 0 unspecified atom stereocenters. The Balaban J connectivity index is 2.15. The normalized spacial score (nSPS) is 11.8. The van der Waals surface area contributed by atoms with Crippen LogP contribution in [-0.4, -0.2) is 26.0 Å². The molecule has 3 heterocycles. The van der Waals surface area contributed by atoms with Gasteiger partial charge in [-0.05, 0) is 30.2 Å². The summed E-state index contributed by atoms with van der Waals surface area (Å²) < 4.78 is 0. The van der Waals surface area contributed by atoms with Crippen LogP contribution in [0.2, 0.25) is 0 Å². The second kappa shape index (κ2) is 5.94. The number of thiophene rings is 1. The maximum Gasteiger partial charge on any atom is 0.346 e. The summed E-state index contributed by atoms with van der Waals surface area (Å²) in [5.74, 6) is -0.894. The summed E-state index contributed by atoms with van der Waals surface area (Å²) >= 11 is 7.17. The van der Waals surface area contributed by atoms with Gasteiger partial charge in [0, 0.05) is 12.4 Å². The molecule has 2 N–H and O–H groups in total. The highest BCUT2D eigenvalue weighted by Crippen LogP contribution is 2.28. The predicted molar refractivity (Wildman–Crippen MR) is 89.9 cm³/mol. The fourth-order valence-corrected chi connectivity index (χ4v) is 3.37. The average molecular weight is 348 g/mol. The molecule has 0 radical (unpaired) electrons. The minimum absolute atomic E-state index is 0.0995. The van der Waals surface area contributed by atoms with Crippen LogP contribution < -0.4 is 5.56 Å². The number of nitrogens with zero attached hydrogens (tertiary/aromatic N) is 2. The van der Waals surface area contributed by atoms with E-state index in [0.717, 1.165) is 16.9 Å². The Morgan fingerprint density at radius 2 is 2.26 bits per heavy atom. The molecule has 0 amide bonds. The highest BCUT2D eigenvalue weighted by Gasteiger charge is 2.19. The lowest BCUT2D eigenvalue weighted by Crippen LogP contribution is -2.10. The van der Waals surface area contributed by atoms with Crippen LogP contribution in [0.25, 0.3) is 21.3 Å². The molecule has 0 aliphatic heterocycles. The number of aromatic carboxylic acids is 1. The van der Waals surface area contributed by atoms with Gasteiger partial charge in [-0.25, -0.2) is 9.78 Å². The molecule has 8 heteroatoms. The third kappa shape index (κ3) is 2.88. The van der Waals surface area contributed by atoms with Gasteiger partial charge in [-0.15, -0.1) is 11.3 Å². The van der Waals surface area contributed by atoms with Crippen molar-refractivity contribution in [3.63, 3.8) is 0 Å². The topological polar surface area (TPSA) is 95.9 Å². The Morgan fingerprint density at radius 1 is 1.48 bits per heavy atom. The number of fused-ring (bicyclic) bond motifs is 1. The Labute approximate surface area is 139 Å². The number of hydrogen-bond acceptors (Lipinski definition) is 5. The lowest BCUT2D eigenvalue weighted by Gasteiger charge is -2.00. The molecule has 0 fully saturated rings. The Morgan fingerprint density at radius 3 is 2.91 bits per heavy atom. The lowest BCUT2D eigenvalue weighted by molar-refractivity contribution is 0.0701. The fraction of sp³-hybridized carbons (Fsp3) is 0.0667. The summed E-state index contributed by atoms with van der Waals surface area (Å²) in [4.78, 5) is 34.7. The second-order valence-corrected chi connectivity index (χ2v) is 6.14. The number of nitrogens with one attached hydrogen (secondary N) is 1. The van der Waals surface area contributed by atoms with Crippen LogP contribution in [0.1, 0.15) is 26.6 Å². The highest BCUT2D eigenvalue weighted by molar-refractivity contribution is 7.20. The Hall–Kier alpha value is -2.51. The number of carboxylic acid groups (broad SMARTS) is 1. The summed E-state index contributed by atoms with van der Waals surface area (Å²) in [6.45, 7) is 1.59. The molecule has 0 spiro atoms. The van der Waals surface area contributed by atoms with Gasteiger partial charge in [-0.3, -0.25) is 9.78 Å². The van der Waals surface area contributed by atoms with Gasteiger partial charge in [0.15, 0.2) is 5.82 Å². The van der Waals surface area contributed by atoms with Crippen molar-refractivity contribution < 1.29 is 9.90 Å². The van der Waals surface area contributed by atoms with E-state index in [-0.39, 0.29) is 21.1 Å². The molecule has 116 valence electrons. The number of carboxylic acids is 1. The molecule has 0 bridgehead atoms. The van der Waals surface area contributed by atoms with Crippen molar-refractivity contribution in [2.45, 2.75) is 6.92 Å². The summed E-state index contributed by atoms with van der Waals surface area (Å²) in [5, 5.41) is 9.67. The van der Waals surface area contributed by atoms with Crippen molar-refractivity contribution in [1.82, 2.24) is 15.0 Å². The quantitative estimate of drug-likeness (QED) is 0.758. The van der Waals surface area contributed by atoms with Crippen molar-refractivity contribution in [1.29, 1.82) is 0 Å². The minimum Gasteiger partial charge on any atom is -0.477 e. The van der Waals surface area contributed by atoms with Crippen molar-refractivity contribution >= 4 is 50.2 Å². The largest absolute Gasteiger partial charge is 0.477 e. The van der Waals surface area contributed by atoms with Crippen molar-refractivity contribution in [2.75, 3.05) is 0 Å². The van der Waals surface area contributed by atoms with E-state index >= 15 is 0 Å². The fourth-order valence-electron chi connectivity index (χ4n) is 2.14. The lowest BCUT2D eigenvalue weighted by atomic mass is 10.2. The van der Waals surface area contributed by atoms with E-state index in [1.54, 1.807) is 31.5 Å². The first-order valence-corrected chi connectivity index (χ1v) is 7.71. The molecule has 3 aromatic rings. The molecule has 0 saturated carbocycles. The number of carbonyl (C=O) groups is 1. The van der Waals surface area contributed by atoms with E-state index in [9.17, 15) is 9.59 Å². The molecule has 23 heavy (non-hydrogen) atoms. The van der Waals surface area contributed by atoms with Crippen LogP contribution in [0.4, 0.5) is 0 Å². The average Bonchev–Trinajstić information content (AvgIpc) is 2.86. The molecular formula is C15H10ClN3O3S. The first-order chi connectivity index (χ1) is 11.0. The van der Waals surface area contributed by atoms with Crippen LogP contribution in [0.5, 0.6) is 0 Å². The van der Waals surface area contributed by atoms with E-state index in [2.05, 4.69) is 15.0 Å². The van der Waals surface area contributed by atoms with Gasteiger partial charge in [0.2, 0.25) is 0 Å². The molecule has 0 aliphatic carbocycles. The van der Waals surface area contributed by atoms with E-state index in [1.807, 2.05) is 6.07 Å². The number of aryl methyl sites for hydroxylation is 1. The van der Waals surface area contributed by atoms with Crippen LogP contribution in [0.15, 0.2) is 29.3 Å². The molecule has 0 saturated heterocycles. The Bertz CT molecular complexity index is 992. The van der Waals surface area contributed by atoms with Gasteiger partial charge < -0.3 is 10.1 Å². The van der Waals surface area contributed by atoms with Crippen molar-refractivity contribution in [3.05, 3.63) is 56.7 Å². The number of H-pyrrole nitrogens is 1. The van der Waals surface area contributed by atoms with Crippen molar-refractivity contribution in [2.24, 2.45) is 0 Å². The number of hydrogen-bond donors (Lipinski definition) is 2. The van der Waals surface area contributed by atoms with Gasteiger partial charge >= 0.3 is 5.97 Å². The van der Waals surface area contributed by atoms with Gasteiger partial charge in [0.25, 0.3) is 5.56 Å². The first-order valence-electron chi connectivity index (χ1n) is 6.51. The summed E-state index contributed by atoms with van der Waals surface area (Å²) in [6, 6.07) is 3.57. The van der Waals surface area contributed by atoms with Crippen LogP contribution in [0, 0.1) is 6.92 Å². The van der Waals surface area contributed by atoms with Crippen molar-refractivity contribution in [3.8, 4) is 0 Å². The zero-order chi connectivity index (χ0) is 16.6. The SMILES string of the molecule is Cc1c(C(=O)O)sc2nc(/C(Cl)=C/c3cccnc3)[nH]c(=O)c12. The van der Waals surface area contributed by atoms with E-state index < -0.39 is 11.5 Å². The number of halogens is 1. The molecule has 0 aliphatic rings. The van der Waals surface area contributed by atoms with Crippen LogP contribution in [0.3, 0.4) is 0 Å². The van der Waals surface area contributed by atoms with Gasteiger partial charge in [0.05, 0.1) is 10.4 Å². The molecule has 0 aromatic carbocycles. The second-order valence-electron chi connectivity index (χ2n) is 4.73. The van der Waals surface area contributed by atoms with E-state index in [1.165, 1.54) is 0 Å². The highest BCUT2D eigenvalue weighted by atomic mass is 35.5. The molecular weight excluding hydrogens is 338 g/mol. The standard InChI is InChI=1S/C15H10ClN3O3S/c1-7-10-13(20)18-12(19-14(10)23-11(7)15(21)22)9(16)5-8-3-2-4-17-6-8/h2-6H,1H3,(H,21,22)(H,18,19,20)/b9-5-. The monoisotopic (exact) mass is 347 g/mol. The Kier molecular flexibility index (Phi) is 3.97. The molecule has 6 nitrogen and oxygen atoms in total. The maximum absolute atomic E-state index is 12.2. The predicted octanol–water partition coefficient (Wildman–Crippen LogP) is 3.12. The third-order valence-electron chi connectivity index (χ3n) is 3.20. The summed E-state index contributed by atoms with van der Waals surface area (Å²) in [7, 11) is 0. The zero-order valence-electron chi connectivity index (χ0n) is 11.8. The number of aromatic amines is 1. The zero-order valence-corrected chi connectivity index (χ0v) is 13.4. The molecule has 3 rings (SSSR count). The van der Waals surface area contributed by atoms with Gasteiger partial charge in [-0.2, -0.15) is 0 Å². The van der Waals surface area contributed by atoms with Crippen LogP contribution >= 0.6 is 22.9 Å². The van der Waals surface area contributed by atoms with E-state index in [4.69, 9.17) is 16.7 Å². The number of pyridine rings is 1. The molecule has 3 aromatic heterocycles. The van der Waals surface area contributed by atoms with E-state index in [0.29, 0.717) is 10.4 Å². The van der Waals surface area contributed by atoms with Gasteiger partial charge in [-0.1, -0.05) is 17.7 Å². The summed E-state index contributed by atoms with van der Waals surface area (Å²) in [6.07, 6.45) is 4.88. The maximum atomic E-state index is 12.2. The smallest absolute Gasteiger partial charge is 0.346 e. The van der Waals surface area contributed by atoms with Crippen LogP contribution in [-0.2, 0) is 0 Å². The summed E-state index contributed by atoms with van der Waals surface area (Å²) in [5.41, 5.74) is 0.753. The number of aromatic nitrogens is 3. The minimum atomic E-state index is -1.08. The van der Waals surface area contributed by atoms with Gasteiger partial charge in [0.1, 0.15) is 9.71 Å².